The quantitative estimate of drug-likeness (QED) is 0.704. The molecule has 0 radical (unpaired) electrons. The van der Waals surface area contributed by atoms with Gasteiger partial charge in [0.05, 0.1) is 5.69 Å². The maximum absolute atomic E-state index is 6.00. The summed E-state index contributed by atoms with van der Waals surface area (Å²) in [6, 6.07) is 2.05. The maximum Gasteiger partial charge on any atom is 0.160 e. The molecule has 1 aromatic rings. The molecule has 0 aliphatic carbocycles. The van der Waals surface area contributed by atoms with Crippen LogP contribution in [0.1, 0.15) is 64.2 Å². The SMILES string of the molecule is CCCNCc1cc(C)nc(C(CC)(CC)OCC)n1. The van der Waals surface area contributed by atoms with E-state index in [1.807, 2.05) is 19.9 Å². The standard InChI is InChI=1S/C16H29N3O/c1-6-10-17-12-14-11-13(5)18-15(19-14)16(7-2,8-3)20-9-4/h11,17H,6-10,12H2,1-5H3. The Labute approximate surface area is 123 Å². The molecule has 0 unspecified atom stereocenters. The highest BCUT2D eigenvalue weighted by Crippen LogP contribution is 2.30. The third kappa shape index (κ3) is 4.25. The van der Waals surface area contributed by atoms with Crippen LogP contribution in [0.3, 0.4) is 0 Å². The van der Waals surface area contributed by atoms with Crippen molar-refractivity contribution in [3.05, 3.63) is 23.3 Å². The molecular formula is C16H29N3O. The van der Waals surface area contributed by atoms with E-state index >= 15 is 0 Å². The van der Waals surface area contributed by atoms with Crippen LogP contribution in [-0.4, -0.2) is 23.1 Å². The molecule has 114 valence electrons. The van der Waals surface area contributed by atoms with E-state index in [1.54, 1.807) is 0 Å². The average molecular weight is 279 g/mol. The van der Waals surface area contributed by atoms with Gasteiger partial charge >= 0.3 is 0 Å². The Kier molecular flexibility index (Phi) is 7.10. The highest BCUT2D eigenvalue weighted by Gasteiger charge is 2.32. The van der Waals surface area contributed by atoms with Gasteiger partial charge in [-0.25, -0.2) is 9.97 Å². The molecule has 0 saturated heterocycles. The second kappa shape index (κ2) is 8.32. The largest absolute Gasteiger partial charge is 0.367 e. The lowest BCUT2D eigenvalue weighted by Crippen LogP contribution is -2.32. The van der Waals surface area contributed by atoms with E-state index in [9.17, 15) is 0 Å². The summed E-state index contributed by atoms with van der Waals surface area (Å²) in [5.41, 5.74) is 1.71. The monoisotopic (exact) mass is 279 g/mol. The normalized spacial score (nSPS) is 11.8. The average Bonchev–Trinajstić information content (AvgIpc) is 2.44. The summed E-state index contributed by atoms with van der Waals surface area (Å²) in [6.45, 7) is 13.0. The van der Waals surface area contributed by atoms with Gasteiger partial charge in [-0.2, -0.15) is 0 Å². The van der Waals surface area contributed by atoms with E-state index in [0.717, 1.165) is 49.6 Å². The Morgan fingerprint density at radius 2 is 1.85 bits per heavy atom. The lowest BCUT2D eigenvalue weighted by molar-refractivity contribution is -0.0574. The molecule has 1 N–H and O–H groups in total. The fourth-order valence-corrected chi connectivity index (χ4v) is 2.43. The second-order valence-electron chi connectivity index (χ2n) is 5.14. The van der Waals surface area contributed by atoms with E-state index in [2.05, 4.69) is 31.1 Å². The summed E-state index contributed by atoms with van der Waals surface area (Å²) in [4.78, 5) is 9.37. The zero-order valence-electron chi connectivity index (χ0n) is 13.6. The van der Waals surface area contributed by atoms with Crippen molar-refractivity contribution in [2.45, 2.75) is 66.0 Å². The van der Waals surface area contributed by atoms with Gasteiger partial charge in [0.2, 0.25) is 0 Å². The molecule has 0 bridgehead atoms. The van der Waals surface area contributed by atoms with Crippen LogP contribution < -0.4 is 5.32 Å². The smallest absolute Gasteiger partial charge is 0.160 e. The predicted octanol–water partition coefficient (Wildman–Crippen LogP) is 3.34. The molecule has 0 spiro atoms. The van der Waals surface area contributed by atoms with Crippen molar-refractivity contribution in [1.82, 2.24) is 15.3 Å². The number of ether oxygens (including phenoxy) is 1. The number of aromatic nitrogens is 2. The van der Waals surface area contributed by atoms with Gasteiger partial charge in [0.25, 0.3) is 0 Å². The molecule has 0 aromatic carbocycles. The van der Waals surface area contributed by atoms with Gasteiger partial charge in [0.15, 0.2) is 5.82 Å². The van der Waals surface area contributed by atoms with Crippen molar-refractivity contribution in [3.63, 3.8) is 0 Å². The number of rotatable bonds is 9. The Balaban J connectivity index is 3.03. The fourth-order valence-electron chi connectivity index (χ4n) is 2.43. The molecule has 1 heterocycles. The Morgan fingerprint density at radius 3 is 2.40 bits per heavy atom. The third-order valence-electron chi connectivity index (χ3n) is 3.61. The van der Waals surface area contributed by atoms with E-state index in [4.69, 9.17) is 9.72 Å². The van der Waals surface area contributed by atoms with E-state index in [0.29, 0.717) is 6.61 Å². The molecule has 1 aromatic heterocycles. The van der Waals surface area contributed by atoms with Crippen LogP contribution in [0.25, 0.3) is 0 Å². The molecule has 0 fully saturated rings. The minimum Gasteiger partial charge on any atom is -0.367 e. The lowest BCUT2D eigenvalue weighted by Gasteiger charge is -2.30. The van der Waals surface area contributed by atoms with E-state index in [1.165, 1.54) is 0 Å². The topological polar surface area (TPSA) is 47.0 Å². The first-order valence-corrected chi connectivity index (χ1v) is 7.81. The lowest BCUT2D eigenvalue weighted by atomic mass is 9.95. The molecule has 4 nitrogen and oxygen atoms in total. The van der Waals surface area contributed by atoms with Crippen LogP contribution in [0.5, 0.6) is 0 Å². The molecule has 0 saturated carbocycles. The molecule has 20 heavy (non-hydrogen) atoms. The highest BCUT2D eigenvalue weighted by molar-refractivity contribution is 5.14. The first-order valence-electron chi connectivity index (χ1n) is 7.81. The number of aryl methyl sites for hydroxylation is 1. The second-order valence-corrected chi connectivity index (χ2v) is 5.14. The number of nitrogens with zero attached hydrogens (tertiary/aromatic N) is 2. The number of nitrogens with one attached hydrogen (secondary N) is 1. The fraction of sp³-hybridized carbons (Fsp3) is 0.750. The van der Waals surface area contributed by atoms with E-state index < -0.39 is 0 Å². The molecule has 0 aliphatic rings. The Morgan fingerprint density at radius 1 is 1.15 bits per heavy atom. The van der Waals surface area contributed by atoms with Crippen molar-refractivity contribution < 1.29 is 4.74 Å². The Hall–Kier alpha value is -1.00. The van der Waals surface area contributed by atoms with Gasteiger partial charge in [-0.05, 0) is 45.7 Å². The zero-order valence-corrected chi connectivity index (χ0v) is 13.6. The Bertz CT molecular complexity index is 403. The summed E-state index contributed by atoms with van der Waals surface area (Å²) in [5.74, 6) is 0.831. The van der Waals surface area contributed by atoms with E-state index in [-0.39, 0.29) is 5.60 Å². The summed E-state index contributed by atoms with van der Waals surface area (Å²) in [6.07, 6.45) is 2.91. The van der Waals surface area contributed by atoms with Crippen molar-refractivity contribution in [3.8, 4) is 0 Å². The van der Waals surface area contributed by atoms with Crippen molar-refractivity contribution >= 4 is 0 Å². The molecule has 1 rings (SSSR count). The van der Waals surface area contributed by atoms with Gasteiger partial charge < -0.3 is 10.1 Å². The van der Waals surface area contributed by atoms with Crippen molar-refractivity contribution in [2.75, 3.05) is 13.2 Å². The summed E-state index contributed by atoms with van der Waals surface area (Å²) >= 11 is 0. The van der Waals surface area contributed by atoms with Crippen molar-refractivity contribution in [2.24, 2.45) is 0 Å². The van der Waals surface area contributed by atoms with Gasteiger partial charge in [-0.15, -0.1) is 0 Å². The molecular weight excluding hydrogens is 250 g/mol. The third-order valence-corrected chi connectivity index (χ3v) is 3.61. The van der Waals surface area contributed by atoms with Crippen molar-refractivity contribution in [1.29, 1.82) is 0 Å². The van der Waals surface area contributed by atoms with Gasteiger partial charge in [-0.3, -0.25) is 0 Å². The summed E-state index contributed by atoms with van der Waals surface area (Å²) in [7, 11) is 0. The molecule has 0 amide bonds. The van der Waals surface area contributed by atoms with Crippen LogP contribution in [0.2, 0.25) is 0 Å². The van der Waals surface area contributed by atoms with Crippen LogP contribution in [0.15, 0.2) is 6.07 Å². The number of hydrogen-bond acceptors (Lipinski definition) is 4. The number of hydrogen-bond donors (Lipinski definition) is 1. The summed E-state index contributed by atoms with van der Waals surface area (Å²) in [5, 5.41) is 3.39. The predicted molar refractivity (Wildman–Crippen MR) is 82.7 cm³/mol. The van der Waals surface area contributed by atoms with Gasteiger partial charge in [0.1, 0.15) is 5.60 Å². The highest BCUT2D eigenvalue weighted by atomic mass is 16.5. The minimum atomic E-state index is -0.347. The van der Waals surface area contributed by atoms with Crippen LogP contribution in [0.4, 0.5) is 0 Å². The molecule has 4 heteroatoms. The molecule has 0 atom stereocenters. The first kappa shape index (κ1) is 17.1. The van der Waals surface area contributed by atoms with Gasteiger partial charge in [-0.1, -0.05) is 20.8 Å². The zero-order chi connectivity index (χ0) is 15.0. The summed E-state index contributed by atoms with van der Waals surface area (Å²) < 4.78 is 6.00. The van der Waals surface area contributed by atoms with Crippen LogP contribution in [-0.2, 0) is 16.9 Å². The minimum absolute atomic E-state index is 0.347. The van der Waals surface area contributed by atoms with Gasteiger partial charge in [0, 0.05) is 18.8 Å². The van der Waals surface area contributed by atoms with Crippen LogP contribution in [0, 0.1) is 6.92 Å². The maximum atomic E-state index is 6.00. The molecule has 0 aliphatic heterocycles. The first-order chi connectivity index (χ1) is 9.61. The van der Waals surface area contributed by atoms with Crippen LogP contribution >= 0.6 is 0 Å².